The van der Waals surface area contributed by atoms with Crippen LogP contribution < -0.4 is 5.32 Å². The third-order valence-corrected chi connectivity index (χ3v) is 3.20. The third kappa shape index (κ3) is 5.40. The molecule has 2 aromatic rings. The first kappa shape index (κ1) is 17.5. The Hall–Kier alpha value is -2.87. The lowest BCUT2D eigenvalue weighted by atomic mass is 10.1. The number of ether oxygens (including phenoxy) is 1. The van der Waals surface area contributed by atoms with Gasteiger partial charge in [-0.2, -0.15) is 0 Å². The van der Waals surface area contributed by atoms with Gasteiger partial charge in [0.2, 0.25) is 0 Å². The molecule has 0 bridgehead atoms. The Kier molecular flexibility index (Phi) is 6.32. The molecule has 3 nitrogen and oxygen atoms in total. The molecule has 0 aliphatic heterocycles. The fraction of sp³-hybridized carbons (Fsp3) is 0.211. The summed E-state index contributed by atoms with van der Waals surface area (Å²) in [4.78, 5) is 11.5. The van der Waals surface area contributed by atoms with Gasteiger partial charge in [-0.3, -0.25) is 0 Å². The summed E-state index contributed by atoms with van der Waals surface area (Å²) in [6, 6.07) is 11.5. The van der Waals surface area contributed by atoms with E-state index in [1.807, 2.05) is 30.3 Å². The monoisotopic (exact) mass is 329 g/mol. The zero-order valence-electron chi connectivity index (χ0n) is 13.2. The molecular formula is C19H17F2NO2. The molecule has 0 aliphatic rings. The molecule has 0 atom stereocenters. The Balaban J connectivity index is 1.73. The van der Waals surface area contributed by atoms with Gasteiger partial charge in [0.1, 0.15) is 18.2 Å². The normalized spacial score (nSPS) is 9.79. The number of hydrogen-bond acceptors (Lipinski definition) is 2. The topological polar surface area (TPSA) is 38.3 Å². The molecule has 0 aliphatic carbocycles. The summed E-state index contributed by atoms with van der Waals surface area (Å²) in [7, 11) is 0. The predicted octanol–water partition coefficient (Wildman–Crippen LogP) is 3.94. The van der Waals surface area contributed by atoms with E-state index in [0.29, 0.717) is 12.0 Å². The number of carbonyl (C=O) groups excluding carboxylic acids is 1. The molecule has 124 valence electrons. The van der Waals surface area contributed by atoms with Crippen LogP contribution in [0.2, 0.25) is 0 Å². The van der Waals surface area contributed by atoms with Crippen molar-refractivity contribution in [2.75, 3.05) is 6.54 Å². The number of carbonyl (C=O) groups is 1. The summed E-state index contributed by atoms with van der Waals surface area (Å²) in [5, 5.41) is 2.56. The summed E-state index contributed by atoms with van der Waals surface area (Å²) in [6.45, 7) is 2.02. The molecule has 0 aromatic heterocycles. The van der Waals surface area contributed by atoms with Crippen molar-refractivity contribution in [3.05, 3.63) is 70.8 Å². The van der Waals surface area contributed by atoms with Crippen LogP contribution in [0.3, 0.4) is 0 Å². The molecule has 0 saturated carbocycles. The number of rotatable bonds is 4. The van der Waals surface area contributed by atoms with Crippen molar-refractivity contribution in [3.8, 4) is 11.8 Å². The Morgan fingerprint density at radius 3 is 2.67 bits per heavy atom. The van der Waals surface area contributed by atoms with E-state index in [4.69, 9.17) is 4.74 Å². The Labute approximate surface area is 139 Å². The molecule has 0 unspecified atom stereocenters. The fourth-order valence-corrected chi connectivity index (χ4v) is 1.91. The molecule has 2 aromatic carbocycles. The summed E-state index contributed by atoms with van der Waals surface area (Å²) in [6.07, 6.45) is -0.208. The first-order valence-electron chi connectivity index (χ1n) is 7.45. The summed E-state index contributed by atoms with van der Waals surface area (Å²) >= 11 is 0. The zero-order valence-corrected chi connectivity index (χ0v) is 13.2. The lowest BCUT2D eigenvalue weighted by Crippen LogP contribution is -2.24. The minimum atomic E-state index is -0.694. The van der Waals surface area contributed by atoms with Gasteiger partial charge in [-0.05, 0) is 24.1 Å². The van der Waals surface area contributed by atoms with E-state index in [9.17, 15) is 13.6 Å². The van der Waals surface area contributed by atoms with Crippen molar-refractivity contribution in [1.82, 2.24) is 5.32 Å². The maximum Gasteiger partial charge on any atom is 0.407 e. The molecule has 1 N–H and O–H groups in total. The molecule has 0 heterocycles. The number of aryl methyl sites for hydroxylation is 1. The van der Waals surface area contributed by atoms with Crippen LogP contribution in [0.1, 0.15) is 23.1 Å². The van der Waals surface area contributed by atoms with Gasteiger partial charge < -0.3 is 10.1 Å². The third-order valence-electron chi connectivity index (χ3n) is 3.20. The maximum absolute atomic E-state index is 13.5. The van der Waals surface area contributed by atoms with Crippen molar-refractivity contribution in [2.24, 2.45) is 0 Å². The predicted molar refractivity (Wildman–Crippen MR) is 87.2 cm³/mol. The van der Waals surface area contributed by atoms with E-state index in [-0.39, 0.29) is 18.7 Å². The van der Waals surface area contributed by atoms with Crippen molar-refractivity contribution in [3.63, 3.8) is 0 Å². The molecule has 24 heavy (non-hydrogen) atoms. The minimum Gasteiger partial charge on any atom is -0.445 e. The molecule has 1 amide bonds. The second kappa shape index (κ2) is 8.68. The van der Waals surface area contributed by atoms with Crippen LogP contribution in [-0.4, -0.2) is 12.6 Å². The average Bonchev–Trinajstić information content (AvgIpc) is 2.58. The van der Waals surface area contributed by atoms with Gasteiger partial charge in [0.15, 0.2) is 0 Å². The van der Waals surface area contributed by atoms with Crippen molar-refractivity contribution in [2.45, 2.75) is 20.0 Å². The van der Waals surface area contributed by atoms with Crippen LogP contribution in [0, 0.1) is 30.4 Å². The standard InChI is InChI=1S/C19H17F2NO2/c1-14-11-16(18(21)12-17(14)20)9-5-6-10-22-19(23)24-13-15-7-3-2-4-8-15/h2-4,7-8,11-12H,6,10,13H2,1H3,(H,22,23). The second-order valence-corrected chi connectivity index (χ2v) is 5.12. The highest BCUT2D eigenvalue weighted by Crippen LogP contribution is 2.13. The van der Waals surface area contributed by atoms with Crippen LogP contribution in [-0.2, 0) is 11.3 Å². The number of halogens is 2. The van der Waals surface area contributed by atoms with Crippen molar-refractivity contribution in [1.29, 1.82) is 0 Å². The van der Waals surface area contributed by atoms with Gasteiger partial charge in [-0.1, -0.05) is 42.2 Å². The SMILES string of the molecule is Cc1cc(C#CCCNC(=O)OCc2ccccc2)c(F)cc1F. The number of benzene rings is 2. The van der Waals surface area contributed by atoms with Gasteiger partial charge in [0.25, 0.3) is 0 Å². The molecule has 0 radical (unpaired) electrons. The highest BCUT2D eigenvalue weighted by molar-refractivity contribution is 5.67. The number of amides is 1. The molecule has 0 fully saturated rings. The highest BCUT2D eigenvalue weighted by atomic mass is 19.1. The van der Waals surface area contributed by atoms with E-state index in [1.54, 1.807) is 6.92 Å². The second-order valence-electron chi connectivity index (χ2n) is 5.12. The number of alkyl carbamates (subject to hydrolysis) is 1. The fourth-order valence-electron chi connectivity index (χ4n) is 1.91. The van der Waals surface area contributed by atoms with E-state index in [1.165, 1.54) is 6.07 Å². The van der Waals surface area contributed by atoms with Crippen molar-refractivity contribution >= 4 is 6.09 Å². The zero-order chi connectivity index (χ0) is 17.4. The molecule has 2 rings (SSSR count). The first-order chi connectivity index (χ1) is 11.6. The smallest absolute Gasteiger partial charge is 0.407 e. The first-order valence-corrected chi connectivity index (χ1v) is 7.45. The van der Waals surface area contributed by atoms with E-state index >= 15 is 0 Å². The summed E-state index contributed by atoms with van der Waals surface area (Å²) in [5.74, 6) is 4.07. The Morgan fingerprint density at radius 2 is 1.92 bits per heavy atom. The Morgan fingerprint density at radius 1 is 1.17 bits per heavy atom. The largest absolute Gasteiger partial charge is 0.445 e. The van der Waals surface area contributed by atoms with Crippen LogP contribution in [0.4, 0.5) is 13.6 Å². The van der Waals surface area contributed by atoms with E-state index < -0.39 is 17.7 Å². The lowest BCUT2D eigenvalue weighted by Gasteiger charge is -2.05. The molecule has 0 saturated heterocycles. The van der Waals surface area contributed by atoms with Crippen LogP contribution in [0.15, 0.2) is 42.5 Å². The van der Waals surface area contributed by atoms with Crippen LogP contribution in [0.5, 0.6) is 0 Å². The van der Waals surface area contributed by atoms with Gasteiger partial charge in [-0.15, -0.1) is 0 Å². The quantitative estimate of drug-likeness (QED) is 0.681. The minimum absolute atomic E-state index is 0.139. The van der Waals surface area contributed by atoms with E-state index in [2.05, 4.69) is 17.2 Å². The molecule has 0 spiro atoms. The van der Waals surface area contributed by atoms with Crippen LogP contribution in [0.25, 0.3) is 0 Å². The molecular weight excluding hydrogens is 312 g/mol. The van der Waals surface area contributed by atoms with Crippen LogP contribution >= 0.6 is 0 Å². The van der Waals surface area contributed by atoms with Crippen molar-refractivity contribution < 1.29 is 18.3 Å². The number of nitrogens with one attached hydrogen (secondary N) is 1. The Bertz CT molecular complexity index is 764. The maximum atomic E-state index is 13.5. The number of hydrogen-bond donors (Lipinski definition) is 1. The lowest BCUT2D eigenvalue weighted by molar-refractivity contribution is 0.140. The molecule has 5 heteroatoms. The van der Waals surface area contributed by atoms with E-state index in [0.717, 1.165) is 11.6 Å². The van der Waals surface area contributed by atoms with Gasteiger partial charge in [0, 0.05) is 19.0 Å². The van der Waals surface area contributed by atoms with Gasteiger partial charge >= 0.3 is 6.09 Å². The summed E-state index contributed by atoms with van der Waals surface area (Å²) < 4.78 is 31.7. The summed E-state index contributed by atoms with van der Waals surface area (Å²) in [5.41, 5.74) is 1.37. The highest BCUT2D eigenvalue weighted by Gasteiger charge is 2.05. The van der Waals surface area contributed by atoms with Gasteiger partial charge in [0.05, 0.1) is 5.56 Å². The average molecular weight is 329 g/mol. The van der Waals surface area contributed by atoms with Gasteiger partial charge in [-0.25, -0.2) is 13.6 Å².